The molecule has 1 N–H and O–H groups in total. The van der Waals surface area contributed by atoms with Gasteiger partial charge in [0.2, 0.25) is 0 Å². The van der Waals surface area contributed by atoms with Gasteiger partial charge in [-0.1, -0.05) is 55.6 Å². The van der Waals surface area contributed by atoms with Gasteiger partial charge in [-0.05, 0) is 41.5 Å². The van der Waals surface area contributed by atoms with Gasteiger partial charge in [0.15, 0.2) is 0 Å². The van der Waals surface area contributed by atoms with E-state index in [0.29, 0.717) is 21.0 Å². The van der Waals surface area contributed by atoms with Crippen LogP contribution in [0, 0.1) is 0 Å². The lowest BCUT2D eigenvalue weighted by molar-refractivity contribution is 0.735. The molecular formula is C17H20Cl3N3. The highest BCUT2D eigenvalue weighted by molar-refractivity contribution is 6.41. The number of aromatic nitrogens is 2. The number of rotatable bonds is 5. The molecule has 2 aromatic heterocycles. The second-order valence-electron chi connectivity index (χ2n) is 5.88. The van der Waals surface area contributed by atoms with Crippen molar-refractivity contribution in [2.75, 3.05) is 12.4 Å². The van der Waals surface area contributed by atoms with E-state index in [1.54, 1.807) is 13.2 Å². The highest BCUT2D eigenvalue weighted by Crippen LogP contribution is 2.34. The zero-order chi connectivity index (χ0) is 17.1. The quantitative estimate of drug-likeness (QED) is 0.659. The summed E-state index contributed by atoms with van der Waals surface area (Å²) in [6.45, 7) is 6.28. The van der Waals surface area contributed by atoms with Crippen LogP contribution in [0.1, 0.15) is 49.4 Å². The van der Waals surface area contributed by atoms with Crippen molar-refractivity contribution in [3.8, 4) is 0 Å². The minimum absolute atomic E-state index is 0.183. The van der Waals surface area contributed by atoms with Crippen molar-refractivity contribution in [1.29, 1.82) is 0 Å². The molecule has 124 valence electrons. The smallest absolute Gasteiger partial charge is 0.148 e. The Morgan fingerprint density at radius 3 is 2.39 bits per heavy atom. The minimum atomic E-state index is 0.183. The lowest BCUT2D eigenvalue weighted by Crippen LogP contribution is -2.05. The third kappa shape index (κ3) is 4.09. The minimum Gasteiger partial charge on any atom is -0.372 e. The van der Waals surface area contributed by atoms with Gasteiger partial charge in [-0.2, -0.15) is 0 Å². The number of nitrogens with zero attached hydrogens (tertiary/aromatic N) is 2. The number of hydrogen-bond acceptors (Lipinski definition) is 3. The summed E-state index contributed by atoms with van der Waals surface area (Å²) >= 11 is 18.8. The van der Waals surface area contributed by atoms with E-state index in [4.69, 9.17) is 34.8 Å². The molecule has 0 saturated carbocycles. The summed E-state index contributed by atoms with van der Waals surface area (Å²) in [6, 6.07) is 3.97. The van der Waals surface area contributed by atoms with Crippen LogP contribution in [0.15, 0.2) is 18.3 Å². The Hall–Kier alpha value is -1.03. The summed E-state index contributed by atoms with van der Waals surface area (Å²) in [5, 5.41) is 4.54. The number of pyridine rings is 2. The van der Waals surface area contributed by atoms with Crippen LogP contribution in [-0.2, 0) is 6.42 Å². The molecule has 0 aliphatic rings. The standard InChI is InChI=1S/C17H20Cl3N3/c1-9(2)13-8-11(23-16(20)14(13)18)7-10(3)12-5-6-22-17(21-4)15(12)19/h5-6,8-10H,7H2,1-4H3,(H,21,22). The Bertz CT molecular complexity index is 702. The largest absolute Gasteiger partial charge is 0.372 e. The van der Waals surface area contributed by atoms with Crippen LogP contribution in [-0.4, -0.2) is 17.0 Å². The highest BCUT2D eigenvalue weighted by atomic mass is 35.5. The van der Waals surface area contributed by atoms with E-state index >= 15 is 0 Å². The third-order valence-electron chi connectivity index (χ3n) is 3.82. The third-order valence-corrected chi connectivity index (χ3v) is 4.99. The molecule has 2 aromatic rings. The maximum absolute atomic E-state index is 6.42. The van der Waals surface area contributed by atoms with Gasteiger partial charge in [-0.15, -0.1) is 0 Å². The van der Waals surface area contributed by atoms with Crippen molar-refractivity contribution >= 4 is 40.6 Å². The van der Waals surface area contributed by atoms with E-state index in [2.05, 4.69) is 36.1 Å². The monoisotopic (exact) mass is 371 g/mol. The predicted octanol–water partition coefficient (Wildman–Crippen LogP) is 5.95. The van der Waals surface area contributed by atoms with Crippen LogP contribution in [0.5, 0.6) is 0 Å². The lowest BCUT2D eigenvalue weighted by Gasteiger charge is -2.17. The first kappa shape index (κ1) is 18.3. The van der Waals surface area contributed by atoms with Crippen molar-refractivity contribution in [2.24, 2.45) is 0 Å². The summed E-state index contributed by atoms with van der Waals surface area (Å²) < 4.78 is 0. The first-order chi connectivity index (χ1) is 10.8. The fourth-order valence-electron chi connectivity index (χ4n) is 2.53. The zero-order valence-corrected chi connectivity index (χ0v) is 15.9. The molecule has 0 bridgehead atoms. The molecule has 1 unspecified atom stereocenters. The van der Waals surface area contributed by atoms with Crippen LogP contribution >= 0.6 is 34.8 Å². The lowest BCUT2D eigenvalue weighted by atomic mass is 9.95. The Morgan fingerprint density at radius 1 is 1.09 bits per heavy atom. The highest BCUT2D eigenvalue weighted by Gasteiger charge is 2.17. The molecule has 0 spiro atoms. The molecule has 23 heavy (non-hydrogen) atoms. The molecule has 0 amide bonds. The van der Waals surface area contributed by atoms with E-state index in [9.17, 15) is 0 Å². The molecule has 0 fully saturated rings. The molecule has 2 rings (SSSR count). The van der Waals surface area contributed by atoms with Crippen LogP contribution < -0.4 is 5.32 Å². The molecule has 0 aliphatic carbocycles. The summed E-state index contributed by atoms with van der Waals surface area (Å²) in [4.78, 5) is 8.63. The van der Waals surface area contributed by atoms with Gasteiger partial charge >= 0.3 is 0 Å². The number of anilines is 1. The molecule has 1 atom stereocenters. The van der Waals surface area contributed by atoms with Gasteiger partial charge in [0.1, 0.15) is 11.0 Å². The molecule has 0 saturated heterocycles. The maximum Gasteiger partial charge on any atom is 0.148 e. The van der Waals surface area contributed by atoms with Gasteiger partial charge in [0, 0.05) is 18.9 Å². The number of hydrogen-bond donors (Lipinski definition) is 1. The van der Waals surface area contributed by atoms with Crippen molar-refractivity contribution in [2.45, 2.75) is 39.0 Å². The van der Waals surface area contributed by atoms with Crippen LogP contribution in [0.25, 0.3) is 0 Å². The second kappa shape index (κ2) is 7.69. The normalized spacial score (nSPS) is 12.5. The van der Waals surface area contributed by atoms with E-state index in [-0.39, 0.29) is 11.8 Å². The van der Waals surface area contributed by atoms with E-state index in [1.807, 2.05) is 12.1 Å². The second-order valence-corrected chi connectivity index (χ2v) is 6.99. The Morgan fingerprint density at radius 2 is 1.78 bits per heavy atom. The Balaban J connectivity index is 2.32. The van der Waals surface area contributed by atoms with Gasteiger partial charge in [-0.25, -0.2) is 9.97 Å². The Labute approximate surface area is 152 Å². The molecule has 6 heteroatoms. The fourth-order valence-corrected chi connectivity index (χ4v) is 3.46. The zero-order valence-electron chi connectivity index (χ0n) is 13.6. The first-order valence-corrected chi connectivity index (χ1v) is 8.65. The Kier molecular flexibility index (Phi) is 6.12. The predicted molar refractivity (Wildman–Crippen MR) is 99.3 cm³/mol. The van der Waals surface area contributed by atoms with Crippen LogP contribution in [0.2, 0.25) is 15.2 Å². The summed E-state index contributed by atoms with van der Waals surface area (Å²) in [7, 11) is 1.80. The number of nitrogens with one attached hydrogen (secondary N) is 1. The van der Waals surface area contributed by atoms with Crippen molar-refractivity contribution in [3.05, 3.63) is 50.3 Å². The van der Waals surface area contributed by atoms with E-state index < -0.39 is 0 Å². The molecule has 3 nitrogen and oxygen atoms in total. The SMILES string of the molecule is CNc1nccc(C(C)Cc2cc(C(C)C)c(Cl)c(Cl)n2)c1Cl. The molecule has 0 aliphatic heterocycles. The fraction of sp³-hybridized carbons (Fsp3) is 0.412. The molecule has 0 radical (unpaired) electrons. The van der Waals surface area contributed by atoms with Gasteiger partial charge in [0.05, 0.1) is 10.0 Å². The molecule has 0 aromatic carbocycles. The van der Waals surface area contributed by atoms with Crippen LogP contribution in [0.3, 0.4) is 0 Å². The summed E-state index contributed by atoms with van der Waals surface area (Å²) in [5.41, 5.74) is 2.96. The number of halogens is 3. The van der Waals surface area contributed by atoms with Gasteiger partial charge < -0.3 is 5.32 Å². The summed E-state index contributed by atoms with van der Waals surface area (Å²) in [6.07, 6.45) is 2.48. The first-order valence-electron chi connectivity index (χ1n) is 7.52. The summed E-state index contributed by atoms with van der Waals surface area (Å²) in [5.74, 6) is 1.15. The maximum atomic E-state index is 6.42. The van der Waals surface area contributed by atoms with Crippen molar-refractivity contribution in [3.63, 3.8) is 0 Å². The van der Waals surface area contributed by atoms with Crippen molar-refractivity contribution < 1.29 is 0 Å². The van der Waals surface area contributed by atoms with E-state index in [1.165, 1.54) is 0 Å². The van der Waals surface area contributed by atoms with E-state index in [0.717, 1.165) is 23.2 Å². The topological polar surface area (TPSA) is 37.8 Å². The van der Waals surface area contributed by atoms with Crippen LogP contribution in [0.4, 0.5) is 5.82 Å². The van der Waals surface area contributed by atoms with Gasteiger partial charge in [-0.3, -0.25) is 0 Å². The van der Waals surface area contributed by atoms with Gasteiger partial charge in [0.25, 0.3) is 0 Å². The average molecular weight is 373 g/mol. The molecule has 2 heterocycles. The molecular weight excluding hydrogens is 353 g/mol. The average Bonchev–Trinajstić information content (AvgIpc) is 2.50. The van der Waals surface area contributed by atoms with Crippen molar-refractivity contribution in [1.82, 2.24) is 9.97 Å².